The van der Waals surface area contributed by atoms with Crippen molar-refractivity contribution in [3.8, 4) is 22.6 Å². The van der Waals surface area contributed by atoms with Crippen LogP contribution in [0.1, 0.15) is 11.5 Å². The van der Waals surface area contributed by atoms with Gasteiger partial charge in [-0.3, -0.25) is 4.79 Å². The Morgan fingerprint density at radius 2 is 1.55 bits per heavy atom. The highest BCUT2D eigenvalue weighted by molar-refractivity contribution is 9.10. The highest BCUT2D eigenvalue weighted by Crippen LogP contribution is 2.29. The number of halogens is 3. The van der Waals surface area contributed by atoms with Gasteiger partial charge in [0.15, 0.2) is 0 Å². The van der Waals surface area contributed by atoms with Gasteiger partial charge in [-0.2, -0.15) is 0 Å². The Hall–Kier alpha value is -2.73. The number of carbonyl (C=O) groups excluding carboxylic acids is 1. The van der Waals surface area contributed by atoms with E-state index >= 15 is 0 Å². The van der Waals surface area contributed by atoms with E-state index in [1.54, 1.807) is 36.4 Å². The molecule has 0 aliphatic rings. The normalized spacial score (nSPS) is 11.2. The number of nitrogens with one attached hydrogen (secondary N) is 1. The zero-order valence-corrected chi connectivity index (χ0v) is 19.2. The molecular weight excluding hydrogens is 501 g/mol. The summed E-state index contributed by atoms with van der Waals surface area (Å²) in [6.07, 6.45) is 3.01. The van der Waals surface area contributed by atoms with Crippen molar-refractivity contribution in [2.75, 3.05) is 0 Å². The van der Waals surface area contributed by atoms with Crippen molar-refractivity contribution in [2.45, 2.75) is 6.54 Å². The third-order valence-electron chi connectivity index (χ3n) is 4.40. The van der Waals surface area contributed by atoms with Crippen LogP contribution in [0.5, 0.6) is 0 Å². The van der Waals surface area contributed by atoms with Crippen LogP contribution in [0, 0.1) is 0 Å². The molecule has 1 N–H and O–H groups in total. The average molecular weight is 517 g/mol. The summed E-state index contributed by atoms with van der Waals surface area (Å²) in [5, 5.41) is 3.84. The summed E-state index contributed by atoms with van der Waals surface area (Å²) >= 11 is 15.5. The Labute approximate surface area is 197 Å². The van der Waals surface area contributed by atoms with Gasteiger partial charge in [0.1, 0.15) is 23.0 Å². The molecule has 156 valence electrons. The number of furan rings is 2. The maximum atomic E-state index is 12.1. The summed E-state index contributed by atoms with van der Waals surface area (Å²) in [5.41, 5.74) is 1.73. The summed E-state index contributed by atoms with van der Waals surface area (Å²) in [7, 11) is 0. The Morgan fingerprint density at radius 1 is 0.871 bits per heavy atom. The van der Waals surface area contributed by atoms with Crippen LogP contribution in [0.2, 0.25) is 10.0 Å². The second-order valence-corrected chi connectivity index (χ2v) is 8.47. The Morgan fingerprint density at radius 3 is 2.29 bits per heavy atom. The van der Waals surface area contributed by atoms with Crippen molar-refractivity contribution in [2.24, 2.45) is 0 Å². The summed E-state index contributed by atoms with van der Waals surface area (Å²) in [6, 6.07) is 20.3. The first kappa shape index (κ1) is 21.5. The zero-order chi connectivity index (χ0) is 21.8. The lowest BCUT2D eigenvalue weighted by molar-refractivity contribution is -0.116. The van der Waals surface area contributed by atoms with E-state index in [1.165, 1.54) is 6.08 Å². The lowest BCUT2D eigenvalue weighted by Gasteiger charge is -2.00. The summed E-state index contributed by atoms with van der Waals surface area (Å²) in [4.78, 5) is 12.1. The van der Waals surface area contributed by atoms with E-state index in [4.69, 9.17) is 32.0 Å². The van der Waals surface area contributed by atoms with Crippen molar-refractivity contribution in [3.05, 3.63) is 98.8 Å². The molecular formula is C24H16BrCl2NO3. The van der Waals surface area contributed by atoms with Crippen molar-refractivity contribution >= 4 is 51.1 Å². The van der Waals surface area contributed by atoms with Gasteiger partial charge in [-0.25, -0.2) is 0 Å². The van der Waals surface area contributed by atoms with Crippen LogP contribution in [0.15, 0.2) is 86.1 Å². The van der Waals surface area contributed by atoms with Gasteiger partial charge in [-0.15, -0.1) is 0 Å². The Bertz CT molecular complexity index is 1220. The highest BCUT2D eigenvalue weighted by Gasteiger charge is 2.08. The molecule has 0 atom stereocenters. The Kier molecular flexibility index (Phi) is 6.66. The predicted octanol–water partition coefficient (Wildman–Crippen LogP) is 7.61. The molecule has 4 nitrogen and oxygen atoms in total. The van der Waals surface area contributed by atoms with Crippen LogP contribution in [0.3, 0.4) is 0 Å². The quantitative estimate of drug-likeness (QED) is 0.268. The highest BCUT2D eigenvalue weighted by atomic mass is 79.9. The van der Waals surface area contributed by atoms with Crippen LogP contribution in [0.4, 0.5) is 0 Å². The fraction of sp³-hybridized carbons (Fsp3) is 0.0417. The minimum atomic E-state index is -0.259. The molecule has 31 heavy (non-hydrogen) atoms. The SMILES string of the molecule is O=C(/C=C/c1ccc(-c2cc(Cl)cc(Cl)c2)o1)NCc1ccc(-c2ccc(Br)cc2)o1. The molecule has 2 aromatic heterocycles. The van der Waals surface area contributed by atoms with Crippen molar-refractivity contribution in [1.82, 2.24) is 5.32 Å². The van der Waals surface area contributed by atoms with E-state index in [0.717, 1.165) is 21.4 Å². The van der Waals surface area contributed by atoms with Crippen molar-refractivity contribution in [1.29, 1.82) is 0 Å². The van der Waals surface area contributed by atoms with E-state index in [0.29, 0.717) is 27.3 Å². The lowest BCUT2D eigenvalue weighted by Crippen LogP contribution is -2.19. The number of hydrogen-bond acceptors (Lipinski definition) is 3. The molecule has 0 radical (unpaired) electrons. The molecule has 0 unspecified atom stereocenters. The van der Waals surface area contributed by atoms with Crippen LogP contribution in [-0.4, -0.2) is 5.91 Å². The molecule has 0 saturated carbocycles. The van der Waals surface area contributed by atoms with Crippen LogP contribution >= 0.6 is 39.1 Å². The molecule has 1 amide bonds. The van der Waals surface area contributed by atoms with E-state index in [-0.39, 0.29) is 12.5 Å². The van der Waals surface area contributed by atoms with Gasteiger partial charge in [0, 0.05) is 31.7 Å². The standard InChI is InChI=1S/C24H16BrCl2NO3/c25-17-3-1-15(2-4-17)22-9-6-21(31-22)14-28-24(29)10-7-20-5-8-23(30-20)16-11-18(26)13-19(27)12-16/h1-13H,14H2,(H,28,29)/b10-7+. The van der Waals surface area contributed by atoms with Gasteiger partial charge in [0.2, 0.25) is 5.91 Å². The third kappa shape index (κ3) is 5.70. The number of amides is 1. The number of carbonyl (C=O) groups is 1. The fourth-order valence-corrected chi connectivity index (χ4v) is 3.72. The number of hydrogen-bond donors (Lipinski definition) is 1. The van der Waals surface area contributed by atoms with Gasteiger partial charge in [-0.05, 0) is 60.7 Å². The first-order chi connectivity index (χ1) is 15.0. The molecule has 2 heterocycles. The maximum absolute atomic E-state index is 12.1. The zero-order valence-electron chi connectivity index (χ0n) is 16.1. The fourth-order valence-electron chi connectivity index (χ4n) is 2.93. The van der Waals surface area contributed by atoms with Crippen molar-refractivity contribution < 1.29 is 13.6 Å². The minimum absolute atomic E-state index is 0.259. The second-order valence-electron chi connectivity index (χ2n) is 6.68. The Balaban J connectivity index is 1.34. The molecule has 0 fully saturated rings. The maximum Gasteiger partial charge on any atom is 0.244 e. The molecule has 4 rings (SSSR count). The van der Waals surface area contributed by atoms with E-state index in [2.05, 4.69) is 21.2 Å². The van der Waals surface area contributed by atoms with Crippen LogP contribution < -0.4 is 5.32 Å². The number of benzene rings is 2. The second kappa shape index (κ2) is 9.60. The van der Waals surface area contributed by atoms with Gasteiger partial charge in [-0.1, -0.05) is 51.3 Å². The molecule has 0 spiro atoms. The van der Waals surface area contributed by atoms with E-state index in [9.17, 15) is 4.79 Å². The van der Waals surface area contributed by atoms with Crippen LogP contribution in [-0.2, 0) is 11.3 Å². The monoisotopic (exact) mass is 515 g/mol. The van der Waals surface area contributed by atoms with Gasteiger partial charge >= 0.3 is 0 Å². The van der Waals surface area contributed by atoms with E-state index < -0.39 is 0 Å². The van der Waals surface area contributed by atoms with Gasteiger partial charge < -0.3 is 14.2 Å². The van der Waals surface area contributed by atoms with Gasteiger partial charge in [0.05, 0.1) is 6.54 Å². The smallest absolute Gasteiger partial charge is 0.244 e. The largest absolute Gasteiger partial charge is 0.459 e. The molecule has 0 aliphatic carbocycles. The summed E-state index contributed by atoms with van der Waals surface area (Å²) < 4.78 is 12.5. The minimum Gasteiger partial charge on any atom is -0.459 e. The predicted molar refractivity (Wildman–Crippen MR) is 127 cm³/mol. The molecule has 0 bridgehead atoms. The topological polar surface area (TPSA) is 55.4 Å². The third-order valence-corrected chi connectivity index (χ3v) is 5.37. The molecule has 2 aromatic carbocycles. The number of rotatable bonds is 6. The molecule has 0 aliphatic heterocycles. The lowest BCUT2D eigenvalue weighted by atomic mass is 10.2. The summed E-state index contributed by atoms with van der Waals surface area (Å²) in [5.74, 6) is 2.30. The molecule has 7 heteroatoms. The molecule has 4 aromatic rings. The summed E-state index contributed by atoms with van der Waals surface area (Å²) in [6.45, 7) is 0.282. The van der Waals surface area contributed by atoms with Crippen LogP contribution in [0.25, 0.3) is 28.7 Å². The first-order valence-electron chi connectivity index (χ1n) is 9.33. The van der Waals surface area contributed by atoms with Gasteiger partial charge in [0.25, 0.3) is 0 Å². The van der Waals surface area contributed by atoms with Crippen molar-refractivity contribution in [3.63, 3.8) is 0 Å². The first-order valence-corrected chi connectivity index (χ1v) is 10.9. The van der Waals surface area contributed by atoms with E-state index in [1.807, 2.05) is 36.4 Å². The average Bonchev–Trinajstić information content (AvgIpc) is 3.40. The molecule has 0 saturated heterocycles.